The molecule has 1 fully saturated rings. The molecular weight excluding hydrogens is 424 g/mol. The number of hydrogen-bond donors (Lipinski definition) is 1. The monoisotopic (exact) mass is 435 g/mol. The molecule has 0 saturated carbocycles. The Bertz CT molecular complexity index is 1060. The third kappa shape index (κ3) is 3.54. The summed E-state index contributed by atoms with van der Waals surface area (Å²) in [5.41, 5.74) is 0.436. The highest BCUT2D eigenvalue weighted by Gasteiger charge is 2.55. The second-order valence-electron chi connectivity index (χ2n) is 6.36. The molecule has 2 heterocycles. The number of benzene rings is 2. The van der Waals surface area contributed by atoms with Crippen LogP contribution in [0.3, 0.4) is 0 Å². The average Bonchev–Trinajstić information content (AvgIpc) is 3.16. The lowest BCUT2D eigenvalue weighted by Crippen LogP contribution is -2.43. The molecule has 29 heavy (non-hydrogen) atoms. The van der Waals surface area contributed by atoms with Gasteiger partial charge in [0.1, 0.15) is 12.4 Å². The lowest BCUT2D eigenvalue weighted by Gasteiger charge is -2.20. The Morgan fingerprint density at radius 1 is 1.14 bits per heavy atom. The first kappa shape index (κ1) is 19.3. The van der Waals surface area contributed by atoms with Crippen molar-refractivity contribution in [2.75, 3.05) is 16.8 Å². The van der Waals surface area contributed by atoms with Crippen LogP contribution in [0.5, 0.6) is 0 Å². The average molecular weight is 436 g/mol. The number of amides is 3. The topological polar surface area (TPSA) is 94.4 Å². The van der Waals surface area contributed by atoms with E-state index in [4.69, 9.17) is 23.2 Å². The van der Waals surface area contributed by atoms with Crippen LogP contribution in [0.4, 0.5) is 15.8 Å². The van der Waals surface area contributed by atoms with Crippen LogP contribution in [0.1, 0.15) is 0 Å². The first-order valence-corrected chi connectivity index (χ1v) is 9.16. The van der Waals surface area contributed by atoms with Crippen LogP contribution < -0.4 is 10.2 Å². The van der Waals surface area contributed by atoms with Crippen molar-refractivity contribution in [1.29, 1.82) is 0 Å². The molecule has 0 aromatic heterocycles. The highest BCUT2D eigenvalue weighted by atomic mass is 35.5. The quantitative estimate of drug-likeness (QED) is 0.746. The fourth-order valence-corrected chi connectivity index (χ4v) is 3.66. The van der Waals surface area contributed by atoms with Crippen molar-refractivity contribution >= 4 is 52.3 Å². The first-order valence-electron chi connectivity index (χ1n) is 8.41. The van der Waals surface area contributed by atoms with Crippen LogP contribution in [0.25, 0.3) is 0 Å². The summed E-state index contributed by atoms with van der Waals surface area (Å²) in [5.74, 6) is -2.25. The number of nitrogens with zero attached hydrogens (tertiary/aromatic N) is 4. The zero-order chi connectivity index (χ0) is 20.7. The third-order valence-corrected chi connectivity index (χ3v) is 4.96. The van der Waals surface area contributed by atoms with Crippen molar-refractivity contribution in [1.82, 2.24) is 5.01 Å². The number of hydrogen-bond acceptors (Lipinski definition) is 6. The van der Waals surface area contributed by atoms with Gasteiger partial charge in [0, 0.05) is 10.7 Å². The summed E-state index contributed by atoms with van der Waals surface area (Å²) in [6.45, 7) is -0.345. The molecule has 3 amide bonds. The number of anilines is 2. The maximum Gasteiger partial charge on any atom is 0.263 e. The van der Waals surface area contributed by atoms with E-state index in [9.17, 15) is 18.8 Å². The van der Waals surface area contributed by atoms with Gasteiger partial charge in [-0.3, -0.25) is 19.4 Å². The number of imide groups is 1. The number of fused-ring (bicyclic) bond motifs is 1. The summed E-state index contributed by atoms with van der Waals surface area (Å²) >= 11 is 12.0. The van der Waals surface area contributed by atoms with Crippen LogP contribution in [0, 0.1) is 5.82 Å². The summed E-state index contributed by atoms with van der Waals surface area (Å²) in [6, 6.07) is 7.60. The third-order valence-electron chi connectivity index (χ3n) is 4.42. The number of rotatable bonds is 4. The molecule has 1 saturated heterocycles. The van der Waals surface area contributed by atoms with Gasteiger partial charge in [0.05, 0.1) is 10.7 Å². The molecule has 2 aromatic carbocycles. The van der Waals surface area contributed by atoms with Gasteiger partial charge < -0.3 is 5.32 Å². The van der Waals surface area contributed by atoms with Gasteiger partial charge >= 0.3 is 0 Å². The van der Waals surface area contributed by atoms with Crippen LogP contribution >= 0.6 is 23.2 Å². The molecule has 8 nitrogen and oxygen atoms in total. The van der Waals surface area contributed by atoms with Crippen molar-refractivity contribution in [2.24, 2.45) is 10.3 Å². The molecule has 0 aliphatic carbocycles. The van der Waals surface area contributed by atoms with E-state index in [1.807, 2.05) is 0 Å². The van der Waals surface area contributed by atoms with Crippen LogP contribution in [-0.4, -0.2) is 41.4 Å². The highest BCUT2D eigenvalue weighted by molar-refractivity contribution is 6.38. The molecular formula is C18H12Cl2FN5O3. The maximum absolute atomic E-state index is 13.3. The van der Waals surface area contributed by atoms with E-state index >= 15 is 0 Å². The zero-order valence-corrected chi connectivity index (χ0v) is 16.1. The van der Waals surface area contributed by atoms with Gasteiger partial charge in [-0.15, -0.1) is 0 Å². The summed E-state index contributed by atoms with van der Waals surface area (Å²) in [5, 5.41) is 11.7. The minimum Gasteiger partial charge on any atom is -0.324 e. The molecule has 2 atom stereocenters. The Balaban J connectivity index is 1.51. The van der Waals surface area contributed by atoms with Crippen LogP contribution in [0.15, 0.2) is 52.8 Å². The van der Waals surface area contributed by atoms with Crippen LogP contribution in [-0.2, 0) is 14.4 Å². The van der Waals surface area contributed by atoms with Gasteiger partial charge in [-0.1, -0.05) is 34.5 Å². The molecule has 148 valence electrons. The van der Waals surface area contributed by atoms with Gasteiger partial charge in [-0.25, -0.2) is 9.29 Å². The van der Waals surface area contributed by atoms with E-state index in [0.717, 1.165) is 16.0 Å². The van der Waals surface area contributed by atoms with Crippen molar-refractivity contribution in [3.63, 3.8) is 0 Å². The molecule has 0 unspecified atom stereocenters. The van der Waals surface area contributed by atoms with Crippen molar-refractivity contribution < 1.29 is 18.8 Å². The van der Waals surface area contributed by atoms with Gasteiger partial charge in [0.25, 0.3) is 11.8 Å². The molecule has 2 aliphatic rings. The number of halogens is 3. The SMILES string of the molecule is O=C(CN1N=N[C@@H]2C(=O)N(c3ccc(Cl)cc3Cl)C(=O)[C@H]21)Nc1cccc(F)c1. The van der Waals surface area contributed by atoms with Gasteiger partial charge in [-0.05, 0) is 36.4 Å². The first-order chi connectivity index (χ1) is 13.8. The van der Waals surface area contributed by atoms with E-state index < -0.39 is 35.6 Å². The van der Waals surface area contributed by atoms with Crippen molar-refractivity contribution in [3.05, 3.63) is 58.3 Å². The fourth-order valence-electron chi connectivity index (χ4n) is 3.17. The minimum atomic E-state index is -1.07. The van der Waals surface area contributed by atoms with Crippen molar-refractivity contribution in [3.8, 4) is 0 Å². The van der Waals surface area contributed by atoms with E-state index in [-0.39, 0.29) is 22.9 Å². The molecule has 11 heteroatoms. The van der Waals surface area contributed by atoms with Gasteiger partial charge in [0.15, 0.2) is 12.1 Å². The van der Waals surface area contributed by atoms with Gasteiger partial charge in [-0.2, -0.15) is 5.11 Å². The maximum atomic E-state index is 13.3. The minimum absolute atomic E-state index is 0.131. The molecule has 4 rings (SSSR count). The highest BCUT2D eigenvalue weighted by Crippen LogP contribution is 2.36. The Kier molecular flexibility index (Phi) is 4.93. The van der Waals surface area contributed by atoms with E-state index in [2.05, 4.69) is 15.7 Å². The number of nitrogens with one attached hydrogen (secondary N) is 1. The molecule has 2 aliphatic heterocycles. The Labute approximate surface area is 173 Å². The lowest BCUT2D eigenvalue weighted by atomic mass is 10.1. The predicted octanol–water partition coefficient (Wildman–Crippen LogP) is 3.06. The van der Waals surface area contributed by atoms with E-state index in [1.54, 1.807) is 0 Å². The molecule has 0 spiro atoms. The van der Waals surface area contributed by atoms with E-state index in [1.165, 1.54) is 36.4 Å². The normalized spacial score (nSPS) is 20.4. The lowest BCUT2D eigenvalue weighted by molar-refractivity contribution is -0.123. The summed E-state index contributed by atoms with van der Waals surface area (Å²) in [7, 11) is 0. The van der Waals surface area contributed by atoms with Crippen molar-refractivity contribution in [2.45, 2.75) is 12.1 Å². The standard InChI is InChI=1S/C18H12Cl2FN5O3/c19-9-4-5-13(12(20)6-9)26-17(28)15-16(18(26)29)25(24-23-15)8-14(27)22-11-3-1-2-10(21)7-11/h1-7,15-16H,8H2,(H,22,27)/t15-,16-/m0/s1. The predicted molar refractivity (Wildman–Crippen MR) is 103 cm³/mol. The summed E-state index contributed by atoms with van der Waals surface area (Å²) in [6.07, 6.45) is 0. The Morgan fingerprint density at radius 3 is 2.66 bits per heavy atom. The molecule has 1 N–H and O–H groups in total. The van der Waals surface area contributed by atoms with E-state index in [0.29, 0.717) is 5.02 Å². The molecule has 0 bridgehead atoms. The second-order valence-corrected chi connectivity index (χ2v) is 7.20. The number of carbonyl (C=O) groups is 3. The Hall–Kier alpha value is -3.04. The molecule has 0 radical (unpaired) electrons. The smallest absolute Gasteiger partial charge is 0.263 e. The fraction of sp³-hybridized carbons (Fsp3) is 0.167. The largest absolute Gasteiger partial charge is 0.324 e. The molecule has 2 aromatic rings. The second kappa shape index (κ2) is 7.41. The summed E-state index contributed by atoms with van der Waals surface area (Å²) in [4.78, 5) is 38.8. The summed E-state index contributed by atoms with van der Waals surface area (Å²) < 4.78 is 13.3. The van der Waals surface area contributed by atoms with Gasteiger partial charge in [0.2, 0.25) is 5.91 Å². The zero-order valence-electron chi connectivity index (χ0n) is 14.6. The Morgan fingerprint density at radius 2 is 1.93 bits per heavy atom. The number of carbonyl (C=O) groups excluding carboxylic acids is 3. The van der Waals surface area contributed by atoms with Crippen LogP contribution in [0.2, 0.25) is 10.0 Å².